The molecule has 1 N–H and O–H groups in total. The molecule has 0 aromatic carbocycles. The van der Waals surface area contributed by atoms with Crippen molar-refractivity contribution in [2.75, 3.05) is 0 Å². The SMILES string of the molecule is CC(=O)c1ccc(C)[nH]c1=S. The lowest BCUT2D eigenvalue weighted by molar-refractivity contribution is 0.101. The molecule has 0 amide bonds. The lowest BCUT2D eigenvalue weighted by Crippen LogP contribution is -1.95. The van der Waals surface area contributed by atoms with Gasteiger partial charge in [-0.2, -0.15) is 0 Å². The van der Waals surface area contributed by atoms with E-state index >= 15 is 0 Å². The summed E-state index contributed by atoms with van der Waals surface area (Å²) < 4.78 is 0.525. The number of carbonyl (C=O) groups is 1. The van der Waals surface area contributed by atoms with Crippen LogP contribution in [0.2, 0.25) is 0 Å². The fourth-order valence-corrected chi connectivity index (χ4v) is 1.22. The third-order valence-electron chi connectivity index (χ3n) is 1.43. The molecule has 1 heterocycles. The van der Waals surface area contributed by atoms with E-state index in [1.165, 1.54) is 6.92 Å². The molecular formula is C8H9NOS. The minimum Gasteiger partial charge on any atom is -0.350 e. The molecule has 1 rings (SSSR count). The van der Waals surface area contributed by atoms with Crippen molar-refractivity contribution in [2.45, 2.75) is 13.8 Å². The molecule has 2 nitrogen and oxygen atoms in total. The Morgan fingerprint density at radius 3 is 2.64 bits per heavy atom. The Labute approximate surface area is 70.3 Å². The molecule has 0 saturated carbocycles. The number of H-pyrrole nitrogens is 1. The molecule has 1 aromatic rings. The first kappa shape index (κ1) is 8.14. The minimum absolute atomic E-state index is 0.00579. The maximum atomic E-state index is 10.9. The Bertz CT molecular complexity index is 340. The van der Waals surface area contributed by atoms with Gasteiger partial charge >= 0.3 is 0 Å². The maximum absolute atomic E-state index is 10.9. The van der Waals surface area contributed by atoms with Crippen molar-refractivity contribution < 1.29 is 4.79 Å². The van der Waals surface area contributed by atoms with Gasteiger partial charge in [0.15, 0.2) is 5.78 Å². The minimum atomic E-state index is 0.00579. The molecular weight excluding hydrogens is 158 g/mol. The van der Waals surface area contributed by atoms with E-state index < -0.39 is 0 Å². The average molecular weight is 167 g/mol. The maximum Gasteiger partial charge on any atom is 0.162 e. The summed E-state index contributed by atoms with van der Waals surface area (Å²) in [7, 11) is 0. The molecule has 11 heavy (non-hydrogen) atoms. The number of pyridine rings is 1. The van der Waals surface area contributed by atoms with Crippen LogP contribution >= 0.6 is 12.2 Å². The summed E-state index contributed by atoms with van der Waals surface area (Å²) in [6.07, 6.45) is 0. The van der Waals surface area contributed by atoms with Crippen LogP contribution in [0.15, 0.2) is 12.1 Å². The quantitative estimate of drug-likeness (QED) is 0.514. The number of aryl methyl sites for hydroxylation is 1. The van der Waals surface area contributed by atoms with Gasteiger partial charge in [-0.25, -0.2) is 0 Å². The number of hydrogen-bond donors (Lipinski definition) is 1. The van der Waals surface area contributed by atoms with Crippen LogP contribution in [-0.4, -0.2) is 10.8 Å². The van der Waals surface area contributed by atoms with E-state index in [-0.39, 0.29) is 5.78 Å². The van der Waals surface area contributed by atoms with Crippen molar-refractivity contribution >= 4 is 18.0 Å². The monoisotopic (exact) mass is 167 g/mol. The van der Waals surface area contributed by atoms with Gasteiger partial charge in [0.1, 0.15) is 4.64 Å². The smallest absolute Gasteiger partial charge is 0.162 e. The number of ketones is 1. The van der Waals surface area contributed by atoms with E-state index in [9.17, 15) is 4.79 Å². The Hall–Kier alpha value is -0.960. The standard InChI is InChI=1S/C8H9NOS/c1-5-3-4-7(6(2)10)8(11)9-5/h3-4H,1-2H3,(H,9,11). The van der Waals surface area contributed by atoms with Gasteiger partial charge in [-0.15, -0.1) is 0 Å². The number of aromatic amines is 1. The summed E-state index contributed by atoms with van der Waals surface area (Å²) in [5.74, 6) is 0.00579. The number of nitrogens with one attached hydrogen (secondary N) is 1. The Morgan fingerprint density at radius 1 is 1.55 bits per heavy atom. The Morgan fingerprint density at radius 2 is 2.18 bits per heavy atom. The zero-order valence-electron chi connectivity index (χ0n) is 6.47. The third kappa shape index (κ3) is 1.74. The van der Waals surface area contributed by atoms with Crippen LogP contribution in [-0.2, 0) is 0 Å². The van der Waals surface area contributed by atoms with Gasteiger partial charge < -0.3 is 4.98 Å². The number of hydrogen-bond acceptors (Lipinski definition) is 2. The Balaban J connectivity index is 3.32. The second-order valence-corrected chi connectivity index (χ2v) is 2.85. The molecule has 0 saturated heterocycles. The molecule has 0 unspecified atom stereocenters. The summed E-state index contributed by atoms with van der Waals surface area (Å²) in [6.45, 7) is 3.41. The second kappa shape index (κ2) is 2.96. The normalized spacial score (nSPS) is 9.64. The summed E-state index contributed by atoms with van der Waals surface area (Å²) in [6, 6.07) is 3.59. The Kier molecular flexibility index (Phi) is 2.19. The first-order valence-corrected chi connectivity index (χ1v) is 3.73. The van der Waals surface area contributed by atoms with E-state index in [1.807, 2.05) is 13.0 Å². The van der Waals surface area contributed by atoms with Crippen LogP contribution in [0.5, 0.6) is 0 Å². The zero-order chi connectivity index (χ0) is 8.43. The van der Waals surface area contributed by atoms with E-state index in [2.05, 4.69) is 4.98 Å². The van der Waals surface area contributed by atoms with Crippen molar-refractivity contribution in [1.82, 2.24) is 4.98 Å². The molecule has 3 heteroatoms. The summed E-state index contributed by atoms with van der Waals surface area (Å²) in [4.78, 5) is 13.8. The highest BCUT2D eigenvalue weighted by molar-refractivity contribution is 7.71. The lowest BCUT2D eigenvalue weighted by Gasteiger charge is -1.96. The summed E-state index contributed by atoms with van der Waals surface area (Å²) in [5, 5.41) is 0. The number of rotatable bonds is 1. The predicted octanol–water partition coefficient (Wildman–Crippen LogP) is 2.26. The van der Waals surface area contributed by atoms with Crippen LogP contribution in [0.25, 0.3) is 0 Å². The average Bonchev–Trinajstić information content (AvgIpc) is 1.85. The highest BCUT2D eigenvalue weighted by Crippen LogP contribution is 2.02. The third-order valence-corrected chi connectivity index (χ3v) is 1.76. The molecule has 0 radical (unpaired) electrons. The van der Waals surface area contributed by atoms with Crippen molar-refractivity contribution in [1.29, 1.82) is 0 Å². The van der Waals surface area contributed by atoms with Crippen LogP contribution in [0.3, 0.4) is 0 Å². The molecule has 0 atom stereocenters. The topological polar surface area (TPSA) is 32.9 Å². The molecule has 58 valence electrons. The van der Waals surface area contributed by atoms with E-state index in [0.29, 0.717) is 10.2 Å². The van der Waals surface area contributed by atoms with Crippen molar-refractivity contribution in [3.63, 3.8) is 0 Å². The van der Waals surface area contributed by atoms with Crippen molar-refractivity contribution in [3.8, 4) is 0 Å². The highest BCUT2D eigenvalue weighted by atomic mass is 32.1. The fraction of sp³-hybridized carbons (Fsp3) is 0.250. The molecule has 0 bridgehead atoms. The molecule has 0 aliphatic heterocycles. The summed E-state index contributed by atoms with van der Waals surface area (Å²) in [5.41, 5.74) is 1.56. The van der Waals surface area contributed by atoms with E-state index in [4.69, 9.17) is 12.2 Å². The van der Waals surface area contributed by atoms with Crippen molar-refractivity contribution in [3.05, 3.63) is 28.0 Å². The molecule has 0 spiro atoms. The fourth-order valence-electron chi connectivity index (χ4n) is 0.849. The molecule has 1 aromatic heterocycles. The first-order valence-electron chi connectivity index (χ1n) is 3.32. The van der Waals surface area contributed by atoms with E-state index in [0.717, 1.165) is 5.69 Å². The molecule has 0 aliphatic rings. The van der Waals surface area contributed by atoms with Gasteiger partial charge in [0.25, 0.3) is 0 Å². The first-order chi connectivity index (χ1) is 5.11. The number of aromatic nitrogens is 1. The lowest BCUT2D eigenvalue weighted by atomic mass is 10.2. The van der Waals surface area contributed by atoms with Gasteiger partial charge in [-0.3, -0.25) is 4.79 Å². The largest absolute Gasteiger partial charge is 0.350 e. The zero-order valence-corrected chi connectivity index (χ0v) is 7.29. The van der Waals surface area contributed by atoms with E-state index in [1.54, 1.807) is 6.07 Å². The summed E-state index contributed by atoms with van der Waals surface area (Å²) >= 11 is 4.94. The number of Topliss-reactive ketones (excluding diaryl/α,β-unsaturated/α-hetero) is 1. The van der Waals surface area contributed by atoms with Crippen LogP contribution in [0, 0.1) is 11.6 Å². The molecule has 0 fully saturated rings. The van der Waals surface area contributed by atoms with Gasteiger partial charge in [0.05, 0.1) is 5.56 Å². The highest BCUT2D eigenvalue weighted by Gasteiger charge is 1.99. The molecule has 0 aliphatic carbocycles. The van der Waals surface area contributed by atoms with Crippen LogP contribution in [0.1, 0.15) is 23.0 Å². The van der Waals surface area contributed by atoms with Gasteiger partial charge in [0.2, 0.25) is 0 Å². The van der Waals surface area contributed by atoms with Gasteiger partial charge in [-0.05, 0) is 26.0 Å². The van der Waals surface area contributed by atoms with Crippen LogP contribution < -0.4 is 0 Å². The number of carbonyl (C=O) groups excluding carboxylic acids is 1. The van der Waals surface area contributed by atoms with Gasteiger partial charge in [-0.1, -0.05) is 12.2 Å². The second-order valence-electron chi connectivity index (χ2n) is 2.44. The van der Waals surface area contributed by atoms with Gasteiger partial charge in [0, 0.05) is 5.69 Å². The van der Waals surface area contributed by atoms with Crippen molar-refractivity contribution in [2.24, 2.45) is 0 Å². The predicted molar refractivity (Wildman–Crippen MR) is 46.4 cm³/mol. The van der Waals surface area contributed by atoms with Crippen LogP contribution in [0.4, 0.5) is 0 Å².